The zero-order valence-electron chi connectivity index (χ0n) is 15.5. The lowest BCUT2D eigenvalue weighted by Gasteiger charge is -2.32. The first-order valence-corrected chi connectivity index (χ1v) is 9.23. The van der Waals surface area contributed by atoms with Crippen molar-refractivity contribution in [1.29, 1.82) is 0 Å². The highest BCUT2D eigenvalue weighted by Gasteiger charge is 2.29. The number of piperidine rings is 1. The molecule has 0 radical (unpaired) electrons. The van der Waals surface area contributed by atoms with Gasteiger partial charge in [-0.3, -0.25) is 4.79 Å². The van der Waals surface area contributed by atoms with Gasteiger partial charge in [-0.2, -0.15) is 0 Å². The lowest BCUT2D eigenvalue weighted by atomic mass is 9.96. The van der Waals surface area contributed by atoms with Crippen LogP contribution < -0.4 is 0 Å². The van der Waals surface area contributed by atoms with Crippen molar-refractivity contribution >= 4 is 5.91 Å². The van der Waals surface area contributed by atoms with Crippen LogP contribution in [-0.4, -0.2) is 38.7 Å². The van der Waals surface area contributed by atoms with Gasteiger partial charge in [0.25, 0.3) is 5.91 Å². The summed E-state index contributed by atoms with van der Waals surface area (Å²) >= 11 is 0. The van der Waals surface area contributed by atoms with Crippen molar-refractivity contribution in [2.75, 3.05) is 13.1 Å². The molecular weight excluding hydrogens is 362 g/mol. The highest BCUT2D eigenvalue weighted by Crippen LogP contribution is 2.29. The number of benzene rings is 2. The van der Waals surface area contributed by atoms with Crippen LogP contribution in [0, 0.1) is 11.6 Å². The van der Waals surface area contributed by atoms with Crippen LogP contribution in [0.4, 0.5) is 8.78 Å². The molecule has 0 saturated carbocycles. The Balaban J connectivity index is 1.54. The molecule has 0 aliphatic carbocycles. The SMILES string of the molecule is Cn1c(-c2ccc(F)cc2)nnc1[C@H]1CCCN(C(=O)c2ccc(F)cc2)C1. The largest absolute Gasteiger partial charge is 0.338 e. The van der Waals surface area contributed by atoms with Gasteiger partial charge in [0.1, 0.15) is 17.5 Å². The zero-order chi connectivity index (χ0) is 19.7. The van der Waals surface area contributed by atoms with E-state index < -0.39 is 0 Å². The van der Waals surface area contributed by atoms with E-state index in [-0.39, 0.29) is 23.5 Å². The third-order valence-electron chi connectivity index (χ3n) is 5.18. The fourth-order valence-electron chi connectivity index (χ4n) is 3.69. The molecule has 2 heterocycles. The maximum Gasteiger partial charge on any atom is 0.253 e. The van der Waals surface area contributed by atoms with E-state index in [4.69, 9.17) is 0 Å². The first-order chi connectivity index (χ1) is 13.5. The highest BCUT2D eigenvalue weighted by atomic mass is 19.1. The molecule has 1 amide bonds. The number of amides is 1. The first kappa shape index (κ1) is 18.3. The van der Waals surface area contributed by atoms with Gasteiger partial charge >= 0.3 is 0 Å². The van der Waals surface area contributed by atoms with Crippen molar-refractivity contribution in [2.24, 2.45) is 7.05 Å². The number of carbonyl (C=O) groups excluding carboxylic acids is 1. The Labute approximate surface area is 161 Å². The van der Waals surface area contributed by atoms with E-state index in [0.29, 0.717) is 24.5 Å². The van der Waals surface area contributed by atoms with E-state index in [9.17, 15) is 13.6 Å². The minimum Gasteiger partial charge on any atom is -0.338 e. The van der Waals surface area contributed by atoms with Crippen molar-refractivity contribution in [2.45, 2.75) is 18.8 Å². The van der Waals surface area contributed by atoms with Crippen LogP contribution in [0.25, 0.3) is 11.4 Å². The number of hydrogen-bond donors (Lipinski definition) is 0. The number of halogens is 2. The summed E-state index contributed by atoms with van der Waals surface area (Å²) in [5.41, 5.74) is 1.27. The van der Waals surface area contributed by atoms with Crippen molar-refractivity contribution in [3.8, 4) is 11.4 Å². The fraction of sp³-hybridized carbons (Fsp3) is 0.286. The number of hydrogen-bond acceptors (Lipinski definition) is 3. The Kier molecular flexibility index (Phi) is 4.90. The molecule has 0 N–H and O–H groups in total. The van der Waals surface area contributed by atoms with Crippen LogP contribution in [0.5, 0.6) is 0 Å². The summed E-state index contributed by atoms with van der Waals surface area (Å²) in [6.45, 7) is 1.20. The highest BCUT2D eigenvalue weighted by molar-refractivity contribution is 5.94. The van der Waals surface area contributed by atoms with Crippen molar-refractivity contribution in [1.82, 2.24) is 19.7 Å². The maximum atomic E-state index is 13.2. The lowest BCUT2D eigenvalue weighted by Crippen LogP contribution is -2.39. The molecular formula is C21H20F2N4O. The molecule has 0 unspecified atom stereocenters. The summed E-state index contributed by atoms with van der Waals surface area (Å²) < 4.78 is 28.2. The number of nitrogens with zero attached hydrogens (tertiary/aromatic N) is 4. The van der Waals surface area contributed by atoms with E-state index in [0.717, 1.165) is 24.2 Å². The van der Waals surface area contributed by atoms with Crippen molar-refractivity contribution < 1.29 is 13.6 Å². The van der Waals surface area contributed by atoms with Gasteiger partial charge in [-0.1, -0.05) is 0 Å². The Hall–Kier alpha value is -3.09. The molecule has 1 fully saturated rings. The van der Waals surface area contributed by atoms with Gasteiger partial charge in [0.15, 0.2) is 5.82 Å². The molecule has 28 heavy (non-hydrogen) atoms. The topological polar surface area (TPSA) is 51.0 Å². The van der Waals surface area contributed by atoms with Crippen LogP contribution in [-0.2, 0) is 7.05 Å². The van der Waals surface area contributed by atoms with Crippen molar-refractivity contribution in [3.63, 3.8) is 0 Å². The normalized spacial score (nSPS) is 17.0. The maximum absolute atomic E-state index is 13.2. The Morgan fingerprint density at radius 2 is 1.64 bits per heavy atom. The molecule has 1 aromatic heterocycles. The molecule has 1 atom stereocenters. The molecule has 1 saturated heterocycles. The minimum absolute atomic E-state index is 0.0600. The second kappa shape index (κ2) is 7.50. The van der Waals surface area contributed by atoms with Gasteiger partial charge in [0, 0.05) is 37.2 Å². The predicted molar refractivity (Wildman–Crippen MR) is 101 cm³/mol. The summed E-state index contributed by atoms with van der Waals surface area (Å²) in [5, 5.41) is 8.62. The molecule has 7 heteroatoms. The van der Waals surface area contributed by atoms with Gasteiger partial charge in [-0.05, 0) is 61.4 Å². The van der Waals surface area contributed by atoms with E-state index in [1.54, 1.807) is 17.0 Å². The molecule has 1 aliphatic rings. The average Bonchev–Trinajstić information content (AvgIpc) is 3.10. The number of likely N-dealkylation sites (tertiary alicyclic amines) is 1. The monoisotopic (exact) mass is 382 g/mol. The fourth-order valence-corrected chi connectivity index (χ4v) is 3.69. The predicted octanol–water partition coefficient (Wildman–Crippen LogP) is 3.78. The van der Waals surface area contributed by atoms with Crippen LogP contribution in [0.3, 0.4) is 0 Å². The molecule has 4 rings (SSSR count). The second-order valence-electron chi connectivity index (χ2n) is 7.04. The second-order valence-corrected chi connectivity index (χ2v) is 7.04. The number of carbonyl (C=O) groups is 1. The van der Waals surface area contributed by atoms with Crippen LogP contribution >= 0.6 is 0 Å². The van der Waals surface area contributed by atoms with Crippen LogP contribution in [0.1, 0.15) is 34.9 Å². The third kappa shape index (κ3) is 3.52. The number of aromatic nitrogens is 3. The summed E-state index contributed by atoms with van der Waals surface area (Å²) in [6.07, 6.45) is 1.76. The van der Waals surface area contributed by atoms with E-state index in [1.807, 2.05) is 11.6 Å². The smallest absolute Gasteiger partial charge is 0.253 e. The van der Waals surface area contributed by atoms with Gasteiger partial charge in [-0.25, -0.2) is 8.78 Å². The molecule has 5 nitrogen and oxygen atoms in total. The quantitative estimate of drug-likeness (QED) is 0.693. The first-order valence-electron chi connectivity index (χ1n) is 9.23. The summed E-state index contributed by atoms with van der Waals surface area (Å²) in [7, 11) is 1.88. The number of rotatable bonds is 3. The Morgan fingerprint density at radius 1 is 1.00 bits per heavy atom. The van der Waals surface area contributed by atoms with Gasteiger partial charge < -0.3 is 9.47 Å². The zero-order valence-corrected chi connectivity index (χ0v) is 15.5. The third-order valence-corrected chi connectivity index (χ3v) is 5.18. The van der Waals surface area contributed by atoms with Crippen molar-refractivity contribution in [3.05, 3.63) is 71.6 Å². The summed E-state index contributed by atoms with van der Waals surface area (Å²) in [5.74, 6) is 0.761. The molecule has 3 aromatic rings. The Bertz CT molecular complexity index is 983. The average molecular weight is 382 g/mol. The summed E-state index contributed by atoms with van der Waals surface area (Å²) in [6, 6.07) is 11.8. The molecule has 1 aliphatic heterocycles. The molecule has 2 aromatic carbocycles. The van der Waals surface area contributed by atoms with Gasteiger partial charge in [0.05, 0.1) is 0 Å². The van der Waals surface area contributed by atoms with Gasteiger partial charge in [0.2, 0.25) is 0 Å². The van der Waals surface area contributed by atoms with E-state index in [2.05, 4.69) is 10.2 Å². The standard InChI is InChI=1S/C21H20F2N4O/c1-26-19(14-4-8-17(22)9-5-14)24-25-20(26)16-3-2-12-27(13-16)21(28)15-6-10-18(23)11-7-15/h4-11,16H,2-3,12-13H2,1H3/t16-/m0/s1. The minimum atomic E-state index is -0.361. The molecule has 0 spiro atoms. The van der Waals surface area contributed by atoms with Gasteiger partial charge in [-0.15, -0.1) is 10.2 Å². The van der Waals surface area contributed by atoms with E-state index in [1.165, 1.54) is 36.4 Å². The van der Waals surface area contributed by atoms with Crippen LogP contribution in [0.15, 0.2) is 48.5 Å². The molecule has 144 valence electrons. The summed E-state index contributed by atoms with van der Waals surface area (Å²) in [4.78, 5) is 14.5. The molecule has 0 bridgehead atoms. The lowest BCUT2D eigenvalue weighted by molar-refractivity contribution is 0.0703. The van der Waals surface area contributed by atoms with E-state index >= 15 is 0 Å². The Morgan fingerprint density at radius 3 is 2.32 bits per heavy atom. The van der Waals surface area contributed by atoms with Crippen LogP contribution in [0.2, 0.25) is 0 Å².